The molecule has 0 spiro atoms. The van der Waals surface area contributed by atoms with Crippen molar-refractivity contribution >= 4 is 33.6 Å². The number of hydrogen-bond acceptors (Lipinski definition) is 10. The normalized spacial score (nSPS) is 11.5. The highest BCUT2D eigenvalue weighted by molar-refractivity contribution is 6.08. The van der Waals surface area contributed by atoms with Gasteiger partial charge in [-0.2, -0.15) is 0 Å². The Bertz CT molecular complexity index is 1650. The fourth-order valence-corrected chi connectivity index (χ4v) is 4.30. The summed E-state index contributed by atoms with van der Waals surface area (Å²) in [5.74, 6) is -5.21. The first-order chi connectivity index (χ1) is 22.1. The van der Waals surface area contributed by atoms with Gasteiger partial charge in [-0.05, 0) is 55.3 Å². The molecular formula is C31H30F5N3O7. The van der Waals surface area contributed by atoms with Gasteiger partial charge in [0, 0.05) is 48.1 Å². The number of hydrogen-bond donors (Lipinski definition) is 1. The van der Waals surface area contributed by atoms with Crippen LogP contribution in [-0.4, -0.2) is 61.4 Å². The Morgan fingerprint density at radius 1 is 0.913 bits per heavy atom. The van der Waals surface area contributed by atoms with Gasteiger partial charge in [0.25, 0.3) is 0 Å². The van der Waals surface area contributed by atoms with Crippen molar-refractivity contribution in [2.75, 3.05) is 33.2 Å². The van der Waals surface area contributed by atoms with Crippen molar-refractivity contribution in [3.05, 3.63) is 71.6 Å². The van der Waals surface area contributed by atoms with E-state index in [1.54, 1.807) is 43.6 Å². The predicted molar refractivity (Wildman–Crippen MR) is 154 cm³/mol. The van der Waals surface area contributed by atoms with E-state index in [1.165, 1.54) is 0 Å². The molecule has 2 heterocycles. The molecule has 0 aliphatic heterocycles. The molecule has 4 aromatic rings. The topological polar surface area (TPSA) is 118 Å². The highest BCUT2D eigenvalue weighted by atomic mass is 19.4. The van der Waals surface area contributed by atoms with E-state index in [0.29, 0.717) is 37.4 Å². The van der Waals surface area contributed by atoms with E-state index in [2.05, 4.69) is 20.0 Å². The van der Waals surface area contributed by atoms with Crippen LogP contribution >= 0.6 is 0 Å². The molecule has 15 heteroatoms. The lowest BCUT2D eigenvalue weighted by Crippen LogP contribution is -2.20. The summed E-state index contributed by atoms with van der Waals surface area (Å²) in [5.41, 5.74) is 0.821. The van der Waals surface area contributed by atoms with E-state index in [0.717, 1.165) is 28.3 Å². The lowest BCUT2D eigenvalue weighted by atomic mass is 10.1. The summed E-state index contributed by atoms with van der Waals surface area (Å²) in [6, 6.07) is 8.19. The van der Waals surface area contributed by atoms with Gasteiger partial charge in [-0.25, -0.2) is 18.6 Å². The van der Waals surface area contributed by atoms with Crippen molar-refractivity contribution < 1.29 is 55.2 Å². The third kappa shape index (κ3) is 9.68. The number of carbonyl (C=O) groups excluding carboxylic acids is 2. The Kier molecular flexibility index (Phi) is 12.0. The molecule has 0 radical (unpaired) electrons. The van der Waals surface area contributed by atoms with Gasteiger partial charge in [0.15, 0.2) is 11.6 Å². The molecule has 0 amide bonds. The molecule has 0 unspecified atom stereocenters. The van der Waals surface area contributed by atoms with E-state index in [4.69, 9.17) is 18.9 Å². The molecule has 0 atom stereocenters. The van der Waals surface area contributed by atoms with Crippen molar-refractivity contribution in [3.63, 3.8) is 0 Å². The van der Waals surface area contributed by atoms with Crippen LogP contribution < -0.4 is 14.8 Å². The molecule has 0 aliphatic carbocycles. The quantitative estimate of drug-likeness (QED) is 0.0509. The number of nitrogens with zero attached hydrogens (tertiary/aromatic N) is 2. The molecule has 2 aromatic heterocycles. The molecule has 2 aromatic carbocycles. The second-order valence-electron chi connectivity index (χ2n) is 9.77. The van der Waals surface area contributed by atoms with Gasteiger partial charge < -0.3 is 29.0 Å². The smallest absolute Gasteiger partial charge is 0.475 e. The van der Waals surface area contributed by atoms with Crippen LogP contribution in [-0.2, 0) is 25.5 Å². The molecular weight excluding hydrogens is 621 g/mol. The Labute approximate surface area is 259 Å². The van der Waals surface area contributed by atoms with Crippen LogP contribution in [0.1, 0.15) is 42.1 Å². The number of fused-ring (bicyclic) bond motifs is 3. The number of halogens is 5. The van der Waals surface area contributed by atoms with Crippen molar-refractivity contribution in [1.82, 2.24) is 15.3 Å². The summed E-state index contributed by atoms with van der Waals surface area (Å²) in [6.45, 7) is 2.51. The maximum atomic E-state index is 13.8. The molecule has 0 bridgehead atoms. The molecule has 46 heavy (non-hydrogen) atoms. The highest BCUT2D eigenvalue weighted by Gasteiger charge is 2.34. The zero-order valence-corrected chi connectivity index (χ0v) is 24.6. The molecule has 0 aliphatic rings. The maximum Gasteiger partial charge on any atom is 0.573 e. The largest absolute Gasteiger partial charge is 0.573 e. The monoisotopic (exact) mass is 651 g/mol. The summed E-state index contributed by atoms with van der Waals surface area (Å²) in [7, 11) is 0. The zero-order valence-electron chi connectivity index (χ0n) is 24.6. The third-order valence-corrected chi connectivity index (χ3v) is 6.46. The molecule has 0 saturated heterocycles. The second-order valence-corrected chi connectivity index (χ2v) is 9.77. The number of unbranched alkanes of at least 4 members (excludes halogenated alkanes) is 1. The van der Waals surface area contributed by atoms with Crippen LogP contribution in [0.4, 0.5) is 22.0 Å². The van der Waals surface area contributed by atoms with Crippen LogP contribution in [0.3, 0.4) is 0 Å². The van der Waals surface area contributed by atoms with Crippen LogP contribution in [0.15, 0.2) is 48.8 Å². The van der Waals surface area contributed by atoms with Crippen LogP contribution in [0.2, 0.25) is 0 Å². The molecule has 0 saturated carbocycles. The molecule has 10 nitrogen and oxygen atoms in total. The van der Waals surface area contributed by atoms with Crippen LogP contribution in [0, 0.1) is 11.6 Å². The SMILES string of the molecule is CCC(=O)OCOC(=O)c1ccc2c(c1)nc(OCCOCCCCNCc1cc(F)c(OC(F)(F)F)c(F)c1)c1ccncc12. The van der Waals surface area contributed by atoms with Gasteiger partial charge in [-0.15, -0.1) is 13.2 Å². The summed E-state index contributed by atoms with van der Waals surface area (Å²) in [6.07, 6.45) is -0.434. The number of esters is 2. The van der Waals surface area contributed by atoms with E-state index in [9.17, 15) is 31.5 Å². The first-order valence-corrected chi connectivity index (χ1v) is 14.2. The number of pyridine rings is 2. The number of alkyl halides is 3. The van der Waals surface area contributed by atoms with E-state index >= 15 is 0 Å². The summed E-state index contributed by atoms with van der Waals surface area (Å²) < 4.78 is 89.2. The maximum absolute atomic E-state index is 13.8. The van der Waals surface area contributed by atoms with Crippen molar-refractivity contribution in [1.29, 1.82) is 0 Å². The van der Waals surface area contributed by atoms with Gasteiger partial charge in [0.05, 0.1) is 17.7 Å². The van der Waals surface area contributed by atoms with E-state index in [-0.39, 0.29) is 37.3 Å². The van der Waals surface area contributed by atoms with E-state index in [1.807, 2.05) is 0 Å². The summed E-state index contributed by atoms with van der Waals surface area (Å²) in [4.78, 5) is 32.5. The Morgan fingerprint density at radius 2 is 1.70 bits per heavy atom. The zero-order chi connectivity index (χ0) is 33.1. The minimum atomic E-state index is -5.20. The average Bonchev–Trinajstić information content (AvgIpc) is 3.02. The van der Waals surface area contributed by atoms with Crippen molar-refractivity contribution in [3.8, 4) is 11.6 Å². The first kappa shape index (κ1) is 34.2. The third-order valence-electron chi connectivity index (χ3n) is 6.46. The van der Waals surface area contributed by atoms with Crippen molar-refractivity contribution in [2.45, 2.75) is 39.1 Å². The van der Waals surface area contributed by atoms with Gasteiger partial charge in [-0.1, -0.05) is 13.0 Å². The number of nitrogens with one attached hydrogen (secondary N) is 1. The Balaban J connectivity index is 1.21. The molecule has 1 N–H and O–H groups in total. The minimum Gasteiger partial charge on any atom is -0.475 e. The summed E-state index contributed by atoms with van der Waals surface area (Å²) in [5, 5.41) is 5.20. The van der Waals surface area contributed by atoms with Crippen molar-refractivity contribution in [2.24, 2.45) is 0 Å². The number of carbonyl (C=O) groups is 2. The Morgan fingerprint density at radius 3 is 2.43 bits per heavy atom. The van der Waals surface area contributed by atoms with Crippen LogP contribution in [0.25, 0.3) is 21.7 Å². The molecule has 246 valence electrons. The lowest BCUT2D eigenvalue weighted by Gasteiger charge is -2.12. The predicted octanol–water partition coefficient (Wildman–Crippen LogP) is 5.99. The second kappa shape index (κ2) is 16.1. The lowest BCUT2D eigenvalue weighted by molar-refractivity contribution is -0.276. The highest BCUT2D eigenvalue weighted by Crippen LogP contribution is 2.31. The molecule has 0 fully saturated rings. The number of benzene rings is 2. The van der Waals surface area contributed by atoms with Gasteiger partial charge in [0.2, 0.25) is 18.4 Å². The summed E-state index contributed by atoms with van der Waals surface area (Å²) >= 11 is 0. The number of rotatable bonds is 16. The van der Waals surface area contributed by atoms with Crippen LogP contribution in [0.5, 0.6) is 11.6 Å². The van der Waals surface area contributed by atoms with E-state index < -0.39 is 42.5 Å². The van der Waals surface area contributed by atoms with Gasteiger partial charge >= 0.3 is 18.3 Å². The fraction of sp³-hybridized carbons (Fsp3) is 0.355. The van der Waals surface area contributed by atoms with Gasteiger partial charge in [0.1, 0.15) is 6.61 Å². The average molecular weight is 652 g/mol. The standard InChI is InChI=1S/C31H30F5N3O7/c1-2-27(40)44-18-45-30(41)20-5-6-21-23-17-38-9-7-22(23)29(39-26(21)15-20)43-12-11-42-10-4-3-8-37-16-19-13-24(32)28(25(33)14-19)46-31(34,35)36/h5-7,9,13-15,17,37H,2-4,8,10-12,16,18H2,1H3. The molecule has 4 rings (SSSR count). The first-order valence-electron chi connectivity index (χ1n) is 14.2. The Hall–Kier alpha value is -4.63. The minimum absolute atomic E-state index is 0.0497. The number of aromatic nitrogens is 2. The fourth-order valence-electron chi connectivity index (χ4n) is 4.30. The number of ether oxygens (including phenoxy) is 5. The van der Waals surface area contributed by atoms with Gasteiger partial charge in [-0.3, -0.25) is 9.78 Å².